The molecule has 0 aromatic carbocycles. The first-order valence-electron chi connectivity index (χ1n) is 12.5. The van der Waals surface area contributed by atoms with E-state index in [0.29, 0.717) is 59.5 Å². The van der Waals surface area contributed by atoms with Crippen LogP contribution in [0.2, 0.25) is 0 Å². The molecular weight excluding hydrogens is 400 g/mol. The molecule has 2 N–H and O–H groups in total. The first-order chi connectivity index (χ1) is 15.3. The first kappa shape index (κ1) is 30.7. The van der Waals surface area contributed by atoms with Crippen LogP contribution in [0.15, 0.2) is 0 Å². The van der Waals surface area contributed by atoms with Crippen molar-refractivity contribution in [2.45, 2.75) is 83.7 Å². The fourth-order valence-electron chi connectivity index (χ4n) is 3.08. The number of aliphatic hydroxyl groups excluding tert-OH is 2. The van der Waals surface area contributed by atoms with Gasteiger partial charge in [0.15, 0.2) is 0 Å². The molecule has 0 aromatic heterocycles. The van der Waals surface area contributed by atoms with Crippen LogP contribution in [0.25, 0.3) is 0 Å². The van der Waals surface area contributed by atoms with E-state index in [2.05, 4.69) is 6.92 Å². The van der Waals surface area contributed by atoms with Gasteiger partial charge in [-0.3, -0.25) is 0 Å². The van der Waals surface area contributed by atoms with Gasteiger partial charge in [0.2, 0.25) is 0 Å². The van der Waals surface area contributed by atoms with E-state index in [4.69, 9.17) is 28.8 Å². The van der Waals surface area contributed by atoms with Gasteiger partial charge in [-0.2, -0.15) is 0 Å². The number of rotatable bonds is 27. The molecule has 7 heteroatoms. The number of hydrogen-bond donors (Lipinski definition) is 2. The van der Waals surface area contributed by atoms with Crippen molar-refractivity contribution in [3.63, 3.8) is 0 Å². The molecule has 0 aliphatic carbocycles. The van der Waals surface area contributed by atoms with Crippen molar-refractivity contribution in [2.24, 2.45) is 0 Å². The van der Waals surface area contributed by atoms with Gasteiger partial charge in [0.1, 0.15) is 6.10 Å². The molecule has 1 atom stereocenters. The monoisotopic (exact) mass is 450 g/mol. The Kier molecular flexibility index (Phi) is 27.5. The summed E-state index contributed by atoms with van der Waals surface area (Å²) in [6, 6.07) is 0. The number of hydrogen-bond acceptors (Lipinski definition) is 7. The maximum atomic E-state index is 9.85. The Morgan fingerprint density at radius 1 is 0.484 bits per heavy atom. The van der Waals surface area contributed by atoms with Crippen molar-refractivity contribution >= 4 is 0 Å². The third kappa shape index (κ3) is 27.7. The normalized spacial score (nSPS) is 12.5. The van der Waals surface area contributed by atoms with Gasteiger partial charge in [0.05, 0.1) is 66.1 Å². The molecule has 0 aromatic rings. The number of aliphatic hydroxyl groups is 2. The van der Waals surface area contributed by atoms with Crippen LogP contribution < -0.4 is 0 Å². The van der Waals surface area contributed by atoms with Crippen molar-refractivity contribution in [2.75, 3.05) is 72.7 Å². The maximum Gasteiger partial charge on any atom is 0.101 e. The summed E-state index contributed by atoms with van der Waals surface area (Å²) < 4.78 is 26.7. The van der Waals surface area contributed by atoms with Crippen molar-refractivity contribution in [1.82, 2.24) is 0 Å². The standard InChI is InChI=1S/C24H50O7/c1-2-3-4-5-6-7-8-9-10-11-12-14-30-22-24(26)23-31-21-20-29-19-18-28-17-16-27-15-13-25/h24-26H,2-23H2,1H3. The Morgan fingerprint density at radius 2 is 0.871 bits per heavy atom. The Bertz CT molecular complexity index is 318. The SMILES string of the molecule is CCCCCCCCCCCCCOCC(O)COCCOCCOCCOCCO. The van der Waals surface area contributed by atoms with Gasteiger partial charge in [0.25, 0.3) is 0 Å². The summed E-state index contributed by atoms with van der Waals surface area (Å²) in [6.45, 7) is 6.80. The first-order valence-corrected chi connectivity index (χ1v) is 12.5. The van der Waals surface area contributed by atoms with Crippen molar-refractivity contribution in [3.8, 4) is 0 Å². The third-order valence-electron chi connectivity index (χ3n) is 4.86. The van der Waals surface area contributed by atoms with Crippen LogP contribution in [0.5, 0.6) is 0 Å². The summed E-state index contributed by atoms with van der Waals surface area (Å²) in [7, 11) is 0. The van der Waals surface area contributed by atoms with Crippen LogP contribution >= 0.6 is 0 Å². The second kappa shape index (κ2) is 27.8. The topological polar surface area (TPSA) is 86.6 Å². The Balaban J connectivity index is 3.13. The van der Waals surface area contributed by atoms with E-state index in [-0.39, 0.29) is 13.2 Å². The molecule has 0 saturated heterocycles. The molecule has 0 fully saturated rings. The third-order valence-corrected chi connectivity index (χ3v) is 4.86. The molecule has 0 bridgehead atoms. The van der Waals surface area contributed by atoms with Crippen LogP contribution in [0, 0.1) is 0 Å². The van der Waals surface area contributed by atoms with E-state index in [1.807, 2.05) is 0 Å². The summed E-state index contributed by atoms with van der Waals surface area (Å²) in [5.41, 5.74) is 0. The number of ether oxygens (including phenoxy) is 5. The van der Waals surface area contributed by atoms with Crippen LogP contribution in [0.4, 0.5) is 0 Å². The molecule has 0 aliphatic heterocycles. The van der Waals surface area contributed by atoms with Gasteiger partial charge in [0, 0.05) is 6.61 Å². The van der Waals surface area contributed by atoms with Gasteiger partial charge in [-0.05, 0) is 6.42 Å². The Morgan fingerprint density at radius 3 is 1.35 bits per heavy atom. The van der Waals surface area contributed by atoms with Crippen LogP contribution in [-0.2, 0) is 23.7 Å². The molecule has 31 heavy (non-hydrogen) atoms. The molecule has 0 radical (unpaired) electrons. The lowest BCUT2D eigenvalue weighted by Crippen LogP contribution is -2.23. The van der Waals surface area contributed by atoms with E-state index in [9.17, 15) is 5.11 Å². The minimum atomic E-state index is -0.588. The van der Waals surface area contributed by atoms with Crippen LogP contribution in [0.3, 0.4) is 0 Å². The molecule has 0 saturated carbocycles. The van der Waals surface area contributed by atoms with Crippen molar-refractivity contribution in [3.05, 3.63) is 0 Å². The van der Waals surface area contributed by atoms with Crippen molar-refractivity contribution in [1.29, 1.82) is 0 Å². The summed E-state index contributed by atoms with van der Waals surface area (Å²) in [4.78, 5) is 0. The second-order valence-electron chi connectivity index (χ2n) is 7.90. The van der Waals surface area contributed by atoms with E-state index in [0.717, 1.165) is 6.42 Å². The minimum absolute atomic E-state index is 0.0311. The van der Waals surface area contributed by atoms with Crippen molar-refractivity contribution < 1.29 is 33.9 Å². The predicted octanol–water partition coefficient (Wildman–Crippen LogP) is 3.73. The fraction of sp³-hybridized carbons (Fsp3) is 1.00. The fourth-order valence-corrected chi connectivity index (χ4v) is 3.08. The zero-order valence-electron chi connectivity index (χ0n) is 20.1. The Hall–Kier alpha value is -0.280. The molecule has 7 nitrogen and oxygen atoms in total. The lowest BCUT2D eigenvalue weighted by molar-refractivity contribution is -0.0391. The molecule has 188 valence electrons. The van der Waals surface area contributed by atoms with E-state index < -0.39 is 6.10 Å². The molecule has 1 unspecified atom stereocenters. The average Bonchev–Trinajstić information content (AvgIpc) is 2.77. The van der Waals surface area contributed by atoms with Crippen LogP contribution in [-0.4, -0.2) is 89.0 Å². The van der Waals surface area contributed by atoms with Gasteiger partial charge >= 0.3 is 0 Å². The summed E-state index contributed by atoms with van der Waals surface area (Å²) >= 11 is 0. The highest BCUT2D eigenvalue weighted by molar-refractivity contribution is 4.52. The largest absolute Gasteiger partial charge is 0.394 e. The quantitative estimate of drug-likeness (QED) is 0.184. The van der Waals surface area contributed by atoms with Gasteiger partial charge in [-0.25, -0.2) is 0 Å². The van der Waals surface area contributed by atoms with E-state index >= 15 is 0 Å². The lowest BCUT2D eigenvalue weighted by Gasteiger charge is -2.12. The molecule has 0 aliphatic rings. The summed E-state index contributed by atoms with van der Waals surface area (Å²) in [6.07, 6.45) is 13.9. The highest BCUT2D eigenvalue weighted by atomic mass is 16.6. The smallest absolute Gasteiger partial charge is 0.101 e. The summed E-state index contributed by atoms with van der Waals surface area (Å²) in [5.74, 6) is 0. The molecule has 0 spiro atoms. The molecule has 0 amide bonds. The molecule has 0 rings (SSSR count). The molecular formula is C24H50O7. The molecule has 0 heterocycles. The average molecular weight is 451 g/mol. The highest BCUT2D eigenvalue weighted by Gasteiger charge is 2.04. The van der Waals surface area contributed by atoms with Crippen LogP contribution in [0.1, 0.15) is 77.6 Å². The second-order valence-corrected chi connectivity index (χ2v) is 7.90. The lowest BCUT2D eigenvalue weighted by atomic mass is 10.1. The van der Waals surface area contributed by atoms with E-state index in [1.165, 1.54) is 64.2 Å². The number of unbranched alkanes of at least 4 members (excludes halogenated alkanes) is 10. The highest BCUT2D eigenvalue weighted by Crippen LogP contribution is 2.11. The van der Waals surface area contributed by atoms with Gasteiger partial charge in [-0.1, -0.05) is 71.1 Å². The Labute approximate surface area is 190 Å². The maximum absolute atomic E-state index is 9.85. The zero-order valence-corrected chi connectivity index (χ0v) is 20.1. The zero-order chi connectivity index (χ0) is 22.7. The summed E-state index contributed by atoms with van der Waals surface area (Å²) in [5, 5.41) is 18.4. The minimum Gasteiger partial charge on any atom is -0.394 e. The van der Waals surface area contributed by atoms with Gasteiger partial charge < -0.3 is 33.9 Å². The predicted molar refractivity (Wildman–Crippen MR) is 124 cm³/mol. The van der Waals surface area contributed by atoms with E-state index in [1.54, 1.807) is 0 Å². The van der Waals surface area contributed by atoms with Gasteiger partial charge in [-0.15, -0.1) is 0 Å².